The first kappa shape index (κ1) is 16.2. The molecule has 20 heavy (non-hydrogen) atoms. The molecular formula is C16H23NO3. The lowest BCUT2D eigenvalue weighted by Crippen LogP contribution is -2.35. The van der Waals surface area contributed by atoms with E-state index in [2.05, 4.69) is 0 Å². The number of nitrogens with zero attached hydrogens (tertiary/aromatic N) is 1. The minimum absolute atomic E-state index is 0.000164. The molecule has 0 fully saturated rings. The van der Waals surface area contributed by atoms with Crippen molar-refractivity contribution >= 4 is 11.9 Å². The molecule has 0 saturated carbocycles. The van der Waals surface area contributed by atoms with Crippen molar-refractivity contribution in [1.29, 1.82) is 0 Å². The topological polar surface area (TPSA) is 46.6 Å². The van der Waals surface area contributed by atoms with E-state index in [1.807, 2.05) is 37.3 Å². The van der Waals surface area contributed by atoms with Crippen molar-refractivity contribution in [3.8, 4) is 0 Å². The van der Waals surface area contributed by atoms with E-state index in [-0.39, 0.29) is 23.7 Å². The van der Waals surface area contributed by atoms with E-state index < -0.39 is 0 Å². The van der Waals surface area contributed by atoms with Crippen LogP contribution >= 0.6 is 0 Å². The number of rotatable bonds is 6. The van der Waals surface area contributed by atoms with Crippen LogP contribution < -0.4 is 0 Å². The van der Waals surface area contributed by atoms with E-state index in [1.54, 1.807) is 11.9 Å². The third-order valence-electron chi connectivity index (χ3n) is 3.59. The summed E-state index contributed by atoms with van der Waals surface area (Å²) in [5.41, 5.74) is 1.10. The molecule has 0 aliphatic rings. The number of hydrogen-bond acceptors (Lipinski definition) is 3. The van der Waals surface area contributed by atoms with Gasteiger partial charge < -0.3 is 9.64 Å². The number of ether oxygens (including phenoxy) is 1. The van der Waals surface area contributed by atoms with Crippen LogP contribution in [0.25, 0.3) is 0 Å². The fraction of sp³-hybridized carbons (Fsp3) is 0.500. The highest BCUT2D eigenvalue weighted by atomic mass is 16.5. The van der Waals surface area contributed by atoms with Crippen LogP contribution in [0, 0.1) is 11.8 Å². The molecule has 2 unspecified atom stereocenters. The van der Waals surface area contributed by atoms with Gasteiger partial charge in [-0.25, -0.2) is 0 Å². The summed E-state index contributed by atoms with van der Waals surface area (Å²) in [6.45, 7) is 4.04. The Balaban J connectivity index is 2.78. The average molecular weight is 277 g/mol. The number of benzene rings is 1. The minimum Gasteiger partial charge on any atom is -0.469 e. The molecule has 0 bridgehead atoms. The van der Waals surface area contributed by atoms with E-state index in [0.29, 0.717) is 13.0 Å². The van der Waals surface area contributed by atoms with E-state index >= 15 is 0 Å². The minimum atomic E-state index is -0.246. The molecule has 1 aromatic carbocycles. The van der Waals surface area contributed by atoms with Gasteiger partial charge in [-0.1, -0.05) is 37.3 Å². The smallest absolute Gasteiger partial charge is 0.309 e. The quantitative estimate of drug-likeness (QED) is 0.748. The Morgan fingerprint density at radius 2 is 1.85 bits per heavy atom. The predicted octanol–water partition coefficient (Wildman–Crippen LogP) is 2.13. The second-order valence-electron chi connectivity index (χ2n) is 5.20. The van der Waals surface area contributed by atoms with E-state index in [4.69, 9.17) is 4.74 Å². The molecule has 1 aromatic rings. The Morgan fingerprint density at radius 3 is 2.35 bits per heavy atom. The second kappa shape index (κ2) is 7.68. The summed E-state index contributed by atoms with van der Waals surface area (Å²) in [5.74, 6) is -0.431. The van der Waals surface area contributed by atoms with Gasteiger partial charge in [0.05, 0.1) is 13.0 Å². The SMILES string of the molecule is COC(=O)C(Cc1ccccc1)C(C)CN(C)C(C)=O. The summed E-state index contributed by atoms with van der Waals surface area (Å²) in [6.07, 6.45) is 0.625. The highest BCUT2D eigenvalue weighted by Gasteiger charge is 2.27. The molecule has 0 aromatic heterocycles. The maximum atomic E-state index is 12.0. The van der Waals surface area contributed by atoms with Crippen LogP contribution in [0.1, 0.15) is 19.4 Å². The predicted molar refractivity (Wildman–Crippen MR) is 78.1 cm³/mol. The van der Waals surface area contributed by atoms with Gasteiger partial charge in [-0.05, 0) is 17.9 Å². The molecule has 0 aliphatic carbocycles. The third kappa shape index (κ3) is 4.68. The van der Waals surface area contributed by atoms with Crippen LogP contribution in [0.2, 0.25) is 0 Å². The van der Waals surface area contributed by atoms with Crippen molar-refractivity contribution in [3.05, 3.63) is 35.9 Å². The zero-order valence-electron chi connectivity index (χ0n) is 12.6. The Morgan fingerprint density at radius 1 is 1.25 bits per heavy atom. The van der Waals surface area contributed by atoms with Gasteiger partial charge in [0, 0.05) is 20.5 Å². The molecule has 1 amide bonds. The summed E-state index contributed by atoms with van der Waals surface area (Å²) in [4.78, 5) is 24.9. The maximum absolute atomic E-state index is 12.0. The van der Waals surface area contributed by atoms with E-state index in [0.717, 1.165) is 5.56 Å². The molecule has 0 aliphatic heterocycles. The Kier molecular flexibility index (Phi) is 6.22. The summed E-state index contributed by atoms with van der Waals surface area (Å²) >= 11 is 0. The normalized spacial score (nSPS) is 13.4. The zero-order chi connectivity index (χ0) is 15.1. The van der Waals surface area contributed by atoms with Crippen LogP contribution in [-0.2, 0) is 20.7 Å². The highest BCUT2D eigenvalue weighted by molar-refractivity contribution is 5.74. The molecule has 110 valence electrons. The van der Waals surface area contributed by atoms with Gasteiger partial charge in [-0.15, -0.1) is 0 Å². The molecule has 4 nitrogen and oxygen atoms in total. The summed E-state index contributed by atoms with van der Waals surface area (Å²) in [7, 11) is 3.15. The van der Waals surface area contributed by atoms with E-state index in [9.17, 15) is 9.59 Å². The Labute approximate surface area is 120 Å². The molecule has 0 saturated heterocycles. The zero-order valence-corrected chi connectivity index (χ0v) is 12.6. The van der Waals surface area contributed by atoms with Crippen LogP contribution in [-0.4, -0.2) is 37.5 Å². The van der Waals surface area contributed by atoms with E-state index in [1.165, 1.54) is 14.0 Å². The molecule has 4 heteroatoms. The molecule has 0 heterocycles. The summed E-state index contributed by atoms with van der Waals surface area (Å²) in [5, 5.41) is 0. The van der Waals surface area contributed by atoms with Crippen molar-refractivity contribution in [2.45, 2.75) is 20.3 Å². The average Bonchev–Trinajstić information content (AvgIpc) is 2.44. The molecule has 0 radical (unpaired) electrons. The first-order valence-corrected chi connectivity index (χ1v) is 6.79. The molecule has 0 N–H and O–H groups in total. The van der Waals surface area contributed by atoms with Gasteiger partial charge in [-0.2, -0.15) is 0 Å². The fourth-order valence-corrected chi connectivity index (χ4v) is 2.22. The first-order chi connectivity index (χ1) is 9.45. The van der Waals surface area contributed by atoms with Gasteiger partial charge in [-0.3, -0.25) is 9.59 Å². The summed E-state index contributed by atoms with van der Waals surface area (Å²) in [6, 6.07) is 9.85. The van der Waals surface area contributed by atoms with Crippen LogP contribution in [0.3, 0.4) is 0 Å². The molecule has 1 rings (SSSR count). The van der Waals surface area contributed by atoms with Crippen molar-refractivity contribution in [2.24, 2.45) is 11.8 Å². The van der Waals surface area contributed by atoms with Crippen LogP contribution in [0.15, 0.2) is 30.3 Å². The molecule has 0 spiro atoms. The Bertz CT molecular complexity index is 444. The van der Waals surface area contributed by atoms with Crippen molar-refractivity contribution in [2.75, 3.05) is 20.7 Å². The van der Waals surface area contributed by atoms with Crippen LogP contribution in [0.4, 0.5) is 0 Å². The monoisotopic (exact) mass is 277 g/mol. The lowest BCUT2D eigenvalue weighted by atomic mass is 9.87. The second-order valence-corrected chi connectivity index (χ2v) is 5.20. The molecule has 2 atom stereocenters. The number of carbonyl (C=O) groups excluding carboxylic acids is 2. The molecular weight excluding hydrogens is 254 g/mol. The standard InChI is InChI=1S/C16H23NO3/c1-12(11-17(3)13(2)18)15(16(19)20-4)10-14-8-6-5-7-9-14/h5-9,12,15H,10-11H2,1-4H3. The van der Waals surface area contributed by atoms with Crippen molar-refractivity contribution in [1.82, 2.24) is 4.90 Å². The van der Waals surface area contributed by atoms with Crippen molar-refractivity contribution in [3.63, 3.8) is 0 Å². The van der Waals surface area contributed by atoms with Crippen LogP contribution in [0.5, 0.6) is 0 Å². The fourth-order valence-electron chi connectivity index (χ4n) is 2.22. The number of carbonyl (C=O) groups is 2. The van der Waals surface area contributed by atoms with Gasteiger partial charge in [0.25, 0.3) is 0 Å². The van der Waals surface area contributed by atoms with Gasteiger partial charge in [0.1, 0.15) is 0 Å². The van der Waals surface area contributed by atoms with Gasteiger partial charge in [0.2, 0.25) is 5.91 Å². The number of hydrogen-bond donors (Lipinski definition) is 0. The maximum Gasteiger partial charge on any atom is 0.309 e. The Hall–Kier alpha value is -1.84. The third-order valence-corrected chi connectivity index (χ3v) is 3.59. The number of methoxy groups -OCH3 is 1. The number of esters is 1. The van der Waals surface area contributed by atoms with Gasteiger partial charge >= 0.3 is 5.97 Å². The lowest BCUT2D eigenvalue weighted by Gasteiger charge is -2.26. The number of amides is 1. The van der Waals surface area contributed by atoms with Crippen molar-refractivity contribution < 1.29 is 14.3 Å². The highest BCUT2D eigenvalue weighted by Crippen LogP contribution is 2.20. The summed E-state index contributed by atoms with van der Waals surface area (Å²) < 4.78 is 4.91. The lowest BCUT2D eigenvalue weighted by molar-refractivity contribution is -0.148. The van der Waals surface area contributed by atoms with Gasteiger partial charge in [0.15, 0.2) is 0 Å². The first-order valence-electron chi connectivity index (χ1n) is 6.79. The largest absolute Gasteiger partial charge is 0.469 e.